The molecule has 12 nitrogen and oxygen atoms in total. The van der Waals surface area contributed by atoms with Gasteiger partial charge in [-0.2, -0.15) is 0 Å². The number of rotatable bonds is 7. The highest BCUT2D eigenvalue weighted by molar-refractivity contribution is 5.93. The lowest BCUT2D eigenvalue weighted by Gasteiger charge is -2.44. The average Bonchev–Trinajstić information content (AvgIpc) is 2.47. The third-order valence-electron chi connectivity index (χ3n) is 3.48. The second-order valence-electron chi connectivity index (χ2n) is 5.35. The third kappa shape index (κ3) is 4.59. The number of hydrogen-bond acceptors (Lipinski definition) is 9. The van der Waals surface area contributed by atoms with Gasteiger partial charge in [-0.15, -0.1) is 0 Å². The highest BCUT2D eigenvalue weighted by Crippen LogP contribution is 2.30. The highest BCUT2D eigenvalue weighted by Gasteiger charge is 2.54. The standard InChI is InChI=1S/C12H19NO11/c14-3-5(16)9(20)10-8(13-6(17)1-7(18)19)4(15)2-12(23,24-10)11(21)22/h4-5,8-10,14-16,20,23H,1-3H2,(H,13,17)(H,18,19)(H,21,22)/t4-,5-,8-,9-,10?,12+/m1/s1. The first-order chi connectivity index (χ1) is 11.0. The Labute approximate surface area is 134 Å². The zero-order valence-electron chi connectivity index (χ0n) is 12.3. The van der Waals surface area contributed by atoms with Crippen LogP contribution in [0, 0.1) is 0 Å². The molecule has 1 aliphatic rings. The predicted octanol–water partition coefficient (Wildman–Crippen LogP) is -4.42. The first-order valence-corrected chi connectivity index (χ1v) is 6.81. The van der Waals surface area contributed by atoms with Crippen LogP contribution in [-0.4, -0.2) is 96.4 Å². The zero-order chi connectivity index (χ0) is 18.7. The van der Waals surface area contributed by atoms with Gasteiger partial charge in [0.2, 0.25) is 5.91 Å². The molecular formula is C12H19NO11. The van der Waals surface area contributed by atoms with Crippen molar-refractivity contribution < 1.29 is 54.9 Å². The Morgan fingerprint density at radius 2 is 1.83 bits per heavy atom. The van der Waals surface area contributed by atoms with Crippen LogP contribution in [0.15, 0.2) is 0 Å². The molecule has 0 aliphatic carbocycles. The molecule has 1 amide bonds. The molecule has 1 unspecified atom stereocenters. The molecule has 1 saturated heterocycles. The van der Waals surface area contributed by atoms with Gasteiger partial charge in [0.1, 0.15) is 24.7 Å². The zero-order valence-corrected chi connectivity index (χ0v) is 12.3. The first kappa shape index (κ1) is 20.2. The molecule has 0 aromatic heterocycles. The lowest BCUT2D eigenvalue weighted by atomic mass is 9.88. The number of nitrogens with one attached hydrogen (secondary N) is 1. The SMILES string of the molecule is O=C(O)CC(=O)N[C@H]1C([C@H](O)[C@H](O)CO)O[C@](O)(C(=O)O)C[C@H]1O. The van der Waals surface area contributed by atoms with Crippen LogP contribution in [0.2, 0.25) is 0 Å². The number of carboxylic acids is 2. The number of aliphatic hydroxyl groups excluding tert-OH is 4. The van der Waals surface area contributed by atoms with Crippen LogP contribution in [0.5, 0.6) is 0 Å². The Bertz CT molecular complexity index is 497. The second kappa shape index (κ2) is 7.83. The third-order valence-corrected chi connectivity index (χ3v) is 3.48. The summed E-state index contributed by atoms with van der Waals surface area (Å²) in [5, 5.41) is 67.6. The molecule has 12 heteroatoms. The van der Waals surface area contributed by atoms with E-state index in [0.29, 0.717) is 0 Å². The molecule has 1 rings (SSSR count). The largest absolute Gasteiger partial charge is 0.481 e. The van der Waals surface area contributed by atoms with Gasteiger partial charge in [0.15, 0.2) is 0 Å². The molecule has 1 heterocycles. The van der Waals surface area contributed by atoms with Crippen LogP contribution in [0.1, 0.15) is 12.8 Å². The Morgan fingerprint density at radius 1 is 1.25 bits per heavy atom. The van der Waals surface area contributed by atoms with E-state index in [-0.39, 0.29) is 0 Å². The number of hydrogen-bond donors (Lipinski definition) is 8. The van der Waals surface area contributed by atoms with Gasteiger partial charge in [-0.1, -0.05) is 0 Å². The van der Waals surface area contributed by atoms with Crippen LogP contribution in [0.4, 0.5) is 0 Å². The summed E-state index contributed by atoms with van der Waals surface area (Å²) in [7, 11) is 0. The molecule has 24 heavy (non-hydrogen) atoms. The molecule has 0 spiro atoms. The van der Waals surface area contributed by atoms with Gasteiger partial charge in [-0.25, -0.2) is 4.79 Å². The van der Waals surface area contributed by atoms with E-state index in [1.54, 1.807) is 0 Å². The number of carbonyl (C=O) groups excluding carboxylic acids is 1. The maximum Gasteiger partial charge on any atom is 0.364 e. The number of ether oxygens (including phenoxy) is 1. The molecule has 1 aliphatic heterocycles. The highest BCUT2D eigenvalue weighted by atomic mass is 16.7. The molecule has 0 aromatic rings. The molecule has 0 aromatic carbocycles. The first-order valence-electron chi connectivity index (χ1n) is 6.81. The van der Waals surface area contributed by atoms with Crippen LogP contribution < -0.4 is 5.32 Å². The van der Waals surface area contributed by atoms with Crippen molar-refractivity contribution >= 4 is 17.8 Å². The van der Waals surface area contributed by atoms with E-state index in [1.165, 1.54) is 0 Å². The van der Waals surface area contributed by atoms with Gasteiger partial charge in [-0.05, 0) is 0 Å². The summed E-state index contributed by atoms with van der Waals surface area (Å²) < 4.78 is 4.82. The average molecular weight is 353 g/mol. The number of aliphatic hydroxyl groups is 5. The van der Waals surface area contributed by atoms with Crippen molar-refractivity contribution in [2.24, 2.45) is 0 Å². The van der Waals surface area contributed by atoms with E-state index in [2.05, 4.69) is 0 Å². The van der Waals surface area contributed by atoms with Gasteiger partial charge in [0.25, 0.3) is 5.79 Å². The summed E-state index contributed by atoms with van der Waals surface area (Å²) in [6.45, 7) is -0.960. The Hall–Kier alpha value is -1.83. The molecule has 138 valence electrons. The van der Waals surface area contributed by atoms with Crippen molar-refractivity contribution in [2.45, 2.75) is 49.1 Å². The second-order valence-corrected chi connectivity index (χ2v) is 5.35. The topological polar surface area (TPSA) is 214 Å². The van der Waals surface area contributed by atoms with Gasteiger partial charge < -0.3 is 45.8 Å². The fraction of sp³-hybridized carbons (Fsp3) is 0.750. The van der Waals surface area contributed by atoms with Crippen LogP contribution in [0.3, 0.4) is 0 Å². The van der Waals surface area contributed by atoms with Gasteiger partial charge in [-0.3, -0.25) is 9.59 Å². The van der Waals surface area contributed by atoms with Crippen molar-refractivity contribution in [3.05, 3.63) is 0 Å². The van der Waals surface area contributed by atoms with E-state index in [9.17, 15) is 34.8 Å². The summed E-state index contributed by atoms with van der Waals surface area (Å²) in [6.07, 6.45) is -9.28. The number of aliphatic carboxylic acids is 2. The predicted molar refractivity (Wildman–Crippen MR) is 71.4 cm³/mol. The van der Waals surface area contributed by atoms with Gasteiger partial charge >= 0.3 is 11.9 Å². The van der Waals surface area contributed by atoms with Crippen LogP contribution in [0.25, 0.3) is 0 Å². The van der Waals surface area contributed by atoms with E-state index < -0.39 is 73.5 Å². The minimum atomic E-state index is -2.91. The van der Waals surface area contributed by atoms with Crippen LogP contribution in [-0.2, 0) is 19.1 Å². The molecule has 8 N–H and O–H groups in total. The van der Waals surface area contributed by atoms with Crippen molar-refractivity contribution in [2.75, 3.05) is 6.61 Å². The van der Waals surface area contributed by atoms with Gasteiger partial charge in [0, 0.05) is 6.42 Å². The fourth-order valence-corrected chi connectivity index (χ4v) is 2.28. The van der Waals surface area contributed by atoms with Crippen molar-refractivity contribution in [1.82, 2.24) is 5.32 Å². The molecule has 0 bridgehead atoms. The van der Waals surface area contributed by atoms with Crippen LogP contribution >= 0.6 is 0 Å². The van der Waals surface area contributed by atoms with Crippen molar-refractivity contribution in [3.8, 4) is 0 Å². The minimum absolute atomic E-state index is 0.890. The molecule has 1 fully saturated rings. The molecule has 0 saturated carbocycles. The van der Waals surface area contributed by atoms with Crippen molar-refractivity contribution in [1.29, 1.82) is 0 Å². The maximum absolute atomic E-state index is 11.5. The minimum Gasteiger partial charge on any atom is -0.481 e. The Morgan fingerprint density at radius 3 is 2.29 bits per heavy atom. The number of carboxylic acid groups (broad SMARTS) is 2. The maximum atomic E-state index is 11.5. The molecular weight excluding hydrogens is 334 g/mol. The Kier molecular flexibility index (Phi) is 6.59. The lowest BCUT2D eigenvalue weighted by molar-refractivity contribution is -0.295. The quantitative estimate of drug-likeness (QED) is 0.204. The van der Waals surface area contributed by atoms with E-state index >= 15 is 0 Å². The number of amides is 1. The molecule has 0 radical (unpaired) electrons. The summed E-state index contributed by atoms with van der Waals surface area (Å²) in [5.74, 6) is -7.35. The van der Waals surface area contributed by atoms with Gasteiger partial charge in [0.05, 0.1) is 18.8 Å². The fourth-order valence-electron chi connectivity index (χ4n) is 2.28. The van der Waals surface area contributed by atoms with E-state index in [0.717, 1.165) is 0 Å². The summed E-state index contributed by atoms with van der Waals surface area (Å²) in [5.41, 5.74) is 0. The smallest absolute Gasteiger partial charge is 0.364 e. The van der Waals surface area contributed by atoms with E-state index in [1.807, 2.05) is 5.32 Å². The molecule has 6 atom stereocenters. The van der Waals surface area contributed by atoms with E-state index in [4.69, 9.17) is 20.1 Å². The normalized spacial score (nSPS) is 32.6. The number of carbonyl (C=O) groups is 3. The monoisotopic (exact) mass is 353 g/mol. The van der Waals surface area contributed by atoms with Crippen molar-refractivity contribution in [3.63, 3.8) is 0 Å². The summed E-state index contributed by atoms with van der Waals surface area (Å²) in [6, 6.07) is -1.53. The lowest BCUT2D eigenvalue weighted by Crippen LogP contribution is -2.67. The summed E-state index contributed by atoms with van der Waals surface area (Å²) >= 11 is 0. The summed E-state index contributed by atoms with van der Waals surface area (Å²) in [4.78, 5) is 33.1. The Balaban J connectivity index is 3.06.